The van der Waals surface area contributed by atoms with E-state index in [4.69, 9.17) is 0 Å². The lowest BCUT2D eigenvalue weighted by Gasteiger charge is -2.12. The molecule has 4 nitrogen and oxygen atoms in total. The molecule has 0 fully saturated rings. The normalized spacial score (nSPS) is 12.6. The van der Waals surface area contributed by atoms with Crippen molar-refractivity contribution in [1.82, 2.24) is 10.3 Å². The van der Waals surface area contributed by atoms with Crippen LogP contribution in [-0.2, 0) is 6.18 Å². The van der Waals surface area contributed by atoms with E-state index in [1.54, 1.807) is 0 Å². The molecule has 3 aromatic rings. The summed E-state index contributed by atoms with van der Waals surface area (Å²) in [6.45, 7) is -0.363. The first-order chi connectivity index (χ1) is 13.6. The molecule has 29 heavy (non-hydrogen) atoms. The molecule has 1 amide bonds. The highest BCUT2D eigenvalue weighted by atomic mass is 32.1. The zero-order valence-electron chi connectivity index (χ0n) is 14.5. The molecule has 0 spiro atoms. The van der Waals surface area contributed by atoms with Gasteiger partial charge in [-0.15, -0.1) is 11.3 Å². The van der Waals surface area contributed by atoms with Crippen LogP contribution in [0.4, 0.5) is 22.0 Å². The molecule has 0 saturated heterocycles. The van der Waals surface area contributed by atoms with Crippen LogP contribution in [0.5, 0.6) is 0 Å². The topological polar surface area (TPSA) is 62.2 Å². The smallest absolute Gasteiger partial charge is 0.386 e. The SMILES string of the molecule is O=C(NCC(O)c1ccc(F)cc1F)c1csc(-c2cccc(C(F)(F)F)c2)n1. The number of aliphatic hydroxyl groups is 1. The number of rotatable bonds is 5. The lowest BCUT2D eigenvalue weighted by Crippen LogP contribution is -2.29. The maximum absolute atomic E-state index is 13.7. The first-order valence-corrected chi connectivity index (χ1v) is 9.07. The molecule has 2 aromatic carbocycles. The van der Waals surface area contributed by atoms with E-state index in [-0.39, 0.29) is 28.4 Å². The number of carbonyl (C=O) groups excluding carboxylic acids is 1. The maximum atomic E-state index is 13.7. The van der Waals surface area contributed by atoms with Crippen molar-refractivity contribution in [2.75, 3.05) is 6.54 Å². The third kappa shape index (κ3) is 4.96. The molecule has 0 aliphatic rings. The second kappa shape index (κ2) is 8.26. The zero-order chi connectivity index (χ0) is 21.2. The Bertz CT molecular complexity index is 1040. The van der Waals surface area contributed by atoms with E-state index >= 15 is 0 Å². The van der Waals surface area contributed by atoms with Gasteiger partial charge in [0.25, 0.3) is 5.91 Å². The molecule has 10 heteroatoms. The Kier molecular flexibility index (Phi) is 5.94. The van der Waals surface area contributed by atoms with Crippen molar-refractivity contribution in [1.29, 1.82) is 0 Å². The number of nitrogens with zero attached hydrogens (tertiary/aromatic N) is 1. The minimum atomic E-state index is -4.50. The van der Waals surface area contributed by atoms with Gasteiger partial charge in [0.1, 0.15) is 22.3 Å². The molecule has 0 saturated carbocycles. The fraction of sp³-hybridized carbons (Fsp3) is 0.158. The Labute approximate surface area is 165 Å². The molecule has 1 atom stereocenters. The van der Waals surface area contributed by atoms with Crippen molar-refractivity contribution >= 4 is 17.2 Å². The van der Waals surface area contributed by atoms with E-state index in [9.17, 15) is 31.9 Å². The van der Waals surface area contributed by atoms with Crippen LogP contribution in [0.15, 0.2) is 47.8 Å². The largest absolute Gasteiger partial charge is 0.416 e. The first kappa shape index (κ1) is 20.9. The number of carbonyl (C=O) groups is 1. The van der Waals surface area contributed by atoms with Gasteiger partial charge in [0.2, 0.25) is 0 Å². The fourth-order valence-electron chi connectivity index (χ4n) is 2.50. The summed E-state index contributed by atoms with van der Waals surface area (Å²) in [5.74, 6) is -2.44. The van der Waals surface area contributed by atoms with Gasteiger partial charge in [-0.3, -0.25) is 4.79 Å². The standard InChI is InChI=1S/C19H13F5N2O2S/c20-12-4-5-13(14(21)7-12)16(27)8-25-17(28)15-9-29-18(26-15)10-2-1-3-11(6-10)19(22,23)24/h1-7,9,16,27H,8H2,(H,25,28). The van der Waals surface area contributed by atoms with E-state index in [1.165, 1.54) is 17.5 Å². The Morgan fingerprint density at radius 3 is 2.62 bits per heavy atom. The van der Waals surface area contributed by atoms with E-state index in [1.807, 2.05) is 0 Å². The molecule has 152 valence electrons. The Morgan fingerprint density at radius 2 is 1.93 bits per heavy atom. The number of hydrogen-bond acceptors (Lipinski definition) is 4. The molecule has 3 rings (SSSR count). The molecule has 0 radical (unpaired) electrons. The third-order valence-electron chi connectivity index (χ3n) is 3.95. The first-order valence-electron chi connectivity index (χ1n) is 8.19. The summed E-state index contributed by atoms with van der Waals surface area (Å²) in [5.41, 5.74) is -0.873. The number of halogens is 5. The van der Waals surface area contributed by atoms with Gasteiger partial charge in [-0.25, -0.2) is 13.8 Å². The van der Waals surface area contributed by atoms with Crippen molar-refractivity contribution in [2.24, 2.45) is 0 Å². The van der Waals surface area contributed by atoms with Gasteiger partial charge in [0.15, 0.2) is 0 Å². The number of amides is 1. The van der Waals surface area contributed by atoms with E-state index in [0.29, 0.717) is 6.07 Å². The third-order valence-corrected chi connectivity index (χ3v) is 4.84. The second-order valence-electron chi connectivity index (χ2n) is 6.01. The van der Waals surface area contributed by atoms with Crippen LogP contribution in [0.2, 0.25) is 0 Å². The highest BCUT2D eigenvalue weighted by Gasteiger charge is 2.30. The average molecular weight is 428 g/mol. The van der Waals surface area contributed by atoms with Crippen LogP contribution < -0.4 is 5.32 Å². The molecule has 0 bridgehead atoms. The van der Waals surface area contributed by atoms with E-state index in [0.717, 1.165) is 35.6 Å². The number of aliphatic hydroxyl groups excluding tert-OH is 1. The summed E-state index contributed by atoms with van der Waals surface area (Å²) in [5, 5.41) is 13.9. The highest BCUT2D eigenvalue weighted by Crippen LogP contribution is 2.33. The molecule has 0 aliphatic heterocycles. The van der Waals surface area contributed by atoms with Crippen molar-refractivity contribution in [3.05, 3.63) is 76.3 Å². The average Bonchev–Trinajstić information content (AvgIpc) is 3.15. The summed E-state index contributed by atoms with van der Waals surface area (Å²) in [6, 6.07) is 7.20. The Hall–Kier alpha value is -2.85. The summed E-state index contributed by atoms with van der Waals surface area (Å²) >= 11 is 0.982. The van der Waals surface area contributed by atoms with E-state index < -0.39 is 35.4 Å². The summed E-state index contributed by atoms with van der Waals surface area (Å²) < 4.78 is 65.1. The number of nitrogens with one attached hydrogen (secondary N) is 1. The summed E-state index contributed by atoms with van der Waals surface area (Å²) in [4.78, 5) is 16.2. The predicted molar refractivity (Wildman–Crippen MR) is 96.2 cm³/mol. The molecular formula is C19H13F5N2O2S. The van der Waals surface area contributed by atoms with Crippen molar-refractivity contribution in [3.63, 3.8) is 0 Å². The second-order valence-corrected chi connectivity index (χ2v) is 6.87. The maximum Gasteiger partial charge on any atom is 0.416 e. The van der Waals surface area contributed by atoms with Crippen LogP contribution in [-0.4, -0.2) is 22.5 Å². The summed E-state index contributed by atoms with van der Waals surface area (Å²) in [7, 11) is 0. The molecule has 0 aliphatic carbocycles. The summed E-state index contributed by atoms with van der Waals surface area (Å²) in [6.07, 6.45) is -5.92. The fourth-order valence-corrected chi connectivity index (χ4v) is 3.30. The minimum Gasteiger partial charge on any atom is -0.386 e. The number of hydrogen-bond donors (Lipinski definition) is 2. The molecule has 1 heterocycles. The molecule has 1 aromatic heterocycles. The van der Waals surface area contributed by atoms with Crippen molar-refractivity contribution < 1.29 is 31.9 Å². The predicted octanol–water partition coefficient (Wildman–Crippen LogP) is 4.57. The molecule has 2 N–H and O–H groups in total. The van der Waals surface area contributed by atoms with Gasteiger partial charge >= 0.3 is 6.18 Å². The van der Waals surface area contributed by atoms with Crippen LogP contribution in [0, 0.1) is 11.6 Å². The molecule has 1 unspecified atom stereocenters. The Morgan fingerprint density at radius 1 is 1.17 bits per heavy atom. The van der Waals surface area contributed by atoms with Gasteiger partial charge < -0.3 is 10.4 Å². The van der Waals surface area contributed by atoms with E-state index in [2.05, 4.69) is 10.3 Å². The van der Waals surface area contributed by atoms with Gasteiger partial charge in [-0.1, -0.05) is 18.2 Å². The quantitative estimate of drug-likeness (QED) is 0.586. The van der Waals surface area contributed by atoms with Gasteiger partial charge in [-0.2, -0.15) is 13.2 Å². The van der Waals surface area contributed by atoms with Crippen molar-refractivity contribution in [3.8, 4) is 10.6 Å². The number of alkyl halides is 3. The number of benzene rings is 2. The lowest BCUT2D eigenvalue weighted by atomic mass is 10.1. The monoisotopic (exact) mass is 428 g/mol. The van der Waals surface area contributed by atoms with Crippen LogP contribution in [0.25, 0.3) is 10.6 Å². The number of aromatic nitrogens is 1. The lowest BCUT2D eigenvalue weighted by molar-refractivity contribution is -0.137. The van der Waals surface area contributed by atoms with Crippen LogP contribution in [0.1, 0.15) is 27.7 Å². The number of thiazole rings is 1. The van der Waals surface area contributed by atoms with Gasteiger partial charge in [0, 0.05) is 29.1 Å². The van der Waals surface area contributed by atoms with Crippen molar-refractivity contribution in [2.45, 2.75) is 12.3 Å². The Balaban J connectivity index is 1.68. The van der Waals surface area contributed by atoms with Crippen LogP contribution in [0.3, 0.4) is 0 Å². The molecular weight excluding hydrogens is 415 g/mol. The van der Waals surface area contributed by atoms with Gasteiger partial charge in [-0.05, 0) is 18.2 Å². The minimum absolute atomic E-state index is 0.0609. The highest BCUT2D eigenvalue weighted by molar-refractivity contribution is 7.13. The van der Waals surface area contributed by atoms with Gasteiger partial charge in [0.05, 0.1) is 11.7 Å². The zero-order valence-corrected chi connectivity index (χ0v) is 15.3. The van der Waals surface area contributed by atoms with Crippen LogP contribution >= 0.6 is 11.3 Å².